The maximum absolute atomic E-state index is 12.5. The molecule has 6 heteroatoms. The Morgan fingerprint density at radius 3 is 2.47 bits per heavy atom. The summed E-state index contributed by atoms with van der Waals surface area (Å²) in [6, 6.07) is 18.4. The SMILES string of the molecule is CCc1ccc(N=C2NC(=O)/C(=C\c3cc(C)n(-c4ccc(Br)cc4)c3C)S2)cc1. The van der Waals surface area contributed by atoms with Crippen LogP contribution in [0.25, 0.3) is 11.8 Å². The number of carbonyl (C=O) groups is 1. The molecule has 0 spiro atoms. The van der Waals surface area contributed by atoms with Crippen molar-refractivity contribution in [2.75, 3.05) is 0 Å². The maximum Gasteiger partial charge on any atom is 0.264 e. The molecule has 0 radical (unpaired) electrons. The average Bonchev–Trinajstić information content (AvgIpc) is 3.21. The van der Waals surface area contributed by atoms with E-state index in [9.17, 15) is 4.79 Å². The van der Waals surface area contributed by atoms with E-state index in [1.165, 1.54) is 17.3 Å². The number of aryl methyl sites for hydroxylation is 2. The van der Waals surface area contributed by atoms with Gasteiger partial charge in [-0.2, -0.15) is 0 Å². The maximum atomic E-state index is 12.5. The fraction of sp³-hybridized carbons (Fsp3) is 0.167. The predicted octanol–water partition coefficient (Wildman–Crippen LogP) is 6.31. The van der Waals surface area contributed by atoms with Gasteiger partial charge in [0.25, 0.3) is 5.91 Å². The normalized spacial score (nSPS) is 16.5. The molecule has 1 aliphatic heterocycles. The number of amidine groups is 1. The van der Waals surface area contributed by atoms with Crippen molar-refractivity contribution in [2.45, 2.75) is 27.2 Å². The molecule has 152 valence electrons. The molecule has 2 aromatic carbocycles. The Labute approximate surface area is 189 Å². The first-order valence-corrected chi connectivity index (χ1v) is 11.4. The molecule has 1 aromatic heterocycles. The van der Waals surface area contributed by atoms with Crippen LogP contribution in [0.5, 0.6) is 0 Å². The van der Waals surface area contributed by atoms with E-state index in [2.05, 4.69) is 81.9 Å². The summed E-state index contributed by atoms with van der Waals surface area (Å²) < 4.78 is 3.24. The molecule has 30 heavy (non-hydrogen) atoms. The zero-order chi connectivity index (χ0) is 21.3. The molecule has 1 fully saturated rings. The van der Waals surface area contributed by atoms with Gasteiger partial charge < -0.3 is 9.88 Å². The van der Waals surface area contributed by atoms with Gasteiger partial charge in [-0.25, -0.2) is 4.99 Å². The summed E-state index contributed by atoms with van der Waals surface area (Å²) in [4.78, 5) is 17.7. The number of rotatable bonds is 4. The van der Waals surface area contributed by atoms with Crippen LogP contribution in [-0.2, 0) is 11.2 Å². The van der Waals surface area contributed by atoms with Crippen molar-refractivity contribution in [3.8, 4) is 5.69 Å². The first-order chi connectivity index (χ1) is 14.4. The lowest BCUT2D eigenvalue weighted by Crippen LogP contribution is -2.19. The van der Waals surface area contributed by atoms with E-state index in [1.807, 2.05) is 30.3 Å². The Bertz CT molecular complexity index is 1160. The molecule has 1 N–H and O–H groups in total. The van der Waals surface area contributed by atoms with Gasteiger partial charge in [0, 0.05) is 21.5 Å². The molecule has 1 saturated heterocycles. The summed E-state index contributed by atoms with van der Waals surface area (Å²) in [6.07, 6.45) is 2.94. The van der Waals surface area contributed by atoms with Crippen LogP contribution in [0.1, 0.15) is 29.4 Å². The second-order valence-corrected chi connectivity index (χ2v) is 9.09. The second-order valence-electron chi connectivity index (χ2n) is 7.14. The van der Waals surface area contributed by atoms with E-state index >= 15 is 0 Å². The Hall–Kier alpha value is -2.57. The molecular weight excluding hydrogens is 458 g/mol. The third-order valence-electron chi connectivity index (χ3n) is 5.07. The van der Waals surface area contributed by atoms with Gasteiger partial charge in [-0.05, 0) is 91.7 Å². The van der Waals surface area contributed by atoms with Crippen molar-refractivity contribution >= 4 is 50.5 Å². The minimum absolute atomic E-state index is 0.114. The number of hydrogen-bond donors (Lipinski definition) is 1. The number of thioether (sulfide) groups is 1. The number of aliphatic imine (C=N–C) groups is 1. The lowest BCUT2D eigenvalue weighted by Gasteiger charge is -2.09. The quantitative estimate of drug-likeness (QED) is 0.445. The minimum atomic E-state index is -0.114. The zero-order valence-corrected chi connectivity index (χ0v) is 19.5. The summed E-state index contributed by atoms with van der Waals surface area (Å²) in [5.41, 5.74) is 6.44. The van der Waals surface area contributed by atoms with Gasteiger partial charge in [0.15, 0.2) is 5.17 Å². The number of benzene rings is 2. The van der Waals surface area contributed by atoms with Crippen LogP contribution in [0.15, 0.2) is 69.0 Å². The van der Waals surface area contributed by atoms with E-state index < -0.39 is 0 Å². The molecule has 0 aliphatic carbocycles. The van der Waals surface area contributed by atoms with Crippen LogP contribution in [0.2, 0.25) is 0 Å². The first-order valence-electron chi connectivity index (χ1n) is 9.78. The topological polar surface area (TPSA) is 46.4 Å². The Balaban J connectivity index is 1.60. The van der Waals surface area contributed by atoms with Gasteiger partial charge >= 0.3 is 0 Å². The lowest BCUT2D eigenvalue weighted by atomic mass is 10.2. The molecule has 2 heterocycles. The highest BCUT2D eigenvalue weighted by Gasteiger charge is 2.24. The van der Waals surface area contributed by atoms with Gasteiger partial charge in [0.05, 0.1) is 10.6 Å². The third kappa shape index (κ3) is 4.30. The van der Waals surface area contributed by atoms with Crippen LogP contribution < -0.4 is 5.32 Å². The summed E-state index contributed by atoms with van der Waals surface area (Å²) in [5.74, 6) is -0.114. The average molecular weight is 480 g/mol. The summed E-state index contributed by atoms with van der Waals surface area (Å²) in [6.45, 7) is 6.27. The smallest absolute Gasteiger partial charge is 0.264 e. The van der Waals surface area contributed by atoms with Crippen molar-refractivity contribution in [3.63, 3.8) is 0 Å². The van der Waals surface area contributed by atoms with Crippen LogP contribution in [-0.4, -0.2) is 15.6 Å². The number of carbonyl (C=O) groups excluding carboxylic acids is 1. The monoisotopic (exact) mass is 479 g/mol. The van der Waals surface area contributed by atoms with Crippen LogP contribution in [0, 0.1) is 13.8 Å². The number of hydrogen-bond acceptors (Lipinski definition) is 3. The first kappa shape index (κ1) is 20.7. The molecule has 0 bridgehead atoms. The van der Waals surface area contributed by atoms with E-state index in [1.54, 1.807) is 0 Å². The minimum Gasteiger partial charge on any atom is -0.318 e. The highest BCUT2D eigenvalue weighted by atomic mass is 79.9. The fourth-order valence-electron chi connectivity index (χ4n) is 3.47. The summed E-state index contributed by atoms with van der Waals surface area (Å²) >= 11 is 4.86. The summed E-state index contributed by atoms with van der Waals surface area (Å²) in [5, 5.41) is 3.48. The molecule has 4 rings (SSSR count). The molecule has 1 amide bonds. The molecule has 0 atom stereocenters. The van der Waals surface area contributed by atoms with E-state index in [4.69, 9.17) is 0 Å². The molecule has 0 unspecified atom stereocenters. The molecule has 0 saturated carbocycles. The number of amides is 1. The van der Waals surface area contributed by atoms with Crippen molar-refractivity contribution in [3.05, 3.63) is 86.5 Å². The predicted molar refractivity (Wildman–Crippen MR) is 130 cm³/mol. The van der Waals surface area contributed by atoms with E-state index in [0.717, 1.165) is 39.2 Å². The number of nitrogens with one attached hydrogen (secondary N) is 1. The van der Waals surface area contributed by atoms with Crippen LogP contribution in [0.3, 0.4) is 0 Å². The largest absolute Gasteiger partial charge is 0.318 e. The number of halogens is 1. The molecule has 4 nitrogen and oxygen atoms in total. The Morgan fingerprint density at radius 1 is 1.10 bits per heavy atom. The molecule has 3 aromatic rings. The Morgan fingerprint density at radius 2 is 1.80 bits per heavy atom. The lowest BCUT2D eigenvalue weighted by molar-refractivity contribution is -0.115. The summed E-state index contributed by atoms with van der Waals surface area (Å²) in [7, 11) is 0. The van der Waals surface area contributed by atoms with Crippen LogP contribution in [0.4, 0.5) is 5.69 Å². The van der Waals surface area contributed by atoms with Gasteiger partial charge in [0.1, 0.15) is 0 Å². The fourth-order valence-corrected chi connectivity index (χ4v) is 4.56. The Kier molecular flexibility index (Phi) is 5.97. The van der Waals surface area contributed by atoms with Crippen molar-refractivity contribution < 1.29 is 4.79 Å². The third-order valence-corrected chi connectivity index (χ3v) is 6.51. The van der Waals surface area contributed by atoms with Gasteiger partial charge in [-0.15, -0.1) is 0 Å². The number of nitrogens with zero attached hydrogens (tertiary/aromatic N) is 2. The van der Waals surface area contributed by atoms with Gasteiger partial charge in [-0.3, -0.25) is 4.79 Å². The molecule has 1 aliphatic rings. The van der Waals surface area contributed by atoms with Crippen molar-refractivity contribution in [1.29, 1.82) is 0 Å². The van der Waals surface area contributed by atoms with Crippen molar-refractivity contribution in [1.82, 2.24) is 9.88 Å². The van der Waals surface area contributed by atoms with Gasteiger partial charge in [-0.1, -0.05) is 35.0 Å². The highest BCUT2D eigenvalue weighted by Crippen LogP contribution is 2.30. The van der Waals surface area contributed by atoms with Gasteiger partial charge in [0.2, 0.25) is 0 Å². The second kappa shape index (κ2) is 8.66. The van der Waals surface area contributed by atoms with E-state index in [0.29, 0.717) is 10.1 Å². The van der Waals surface area contributed by atoms with E-state index in [-0.39, 0.29) is 5.91 Å². The van der Waals surface area contributed by atoms with Crippen molar-refractivity contribution in [2.24, 2.45) is 4.99 Å². The molecular formula is C24H22BrN3OS. The highest BCUT2D eigenvalue weighted by molar-refractivity contribution is 9.10. The van der Waals surface area contributed by atoms with Crippen LogP contribution >= 0.6 is 27.7 Å². The zero-order valence-electron chi connectivity index (χ0n) is 17.1. The standard InChI is InChI=1S/C24H22BrN3OS/c1-4-17-5-9-20(10-6-17)26-24-27-23(29)22(30-24)14-18-13-15(2)28(16(18)3)21-11-7-19(25)8-12-21/h5-14H,4H2,1-3H3,(H,26,27,29)/b22-14+. The number of aromatic nitrogens is 1.